The number of allylic oxidation sites excluding steroid dienone is 1. The third-order valence-electron chi connectivity index (χ3n) is 4.51. The maximum atomic E-state index is 12.7. The number of carboxylic acid groups (broad SMARTS) is 1. The first kappa shape index (κ1) is 27.7. The molecule has 0 spiro atoms. The van der Waals surface area contributed by atoms with E-state index in [4.69, 9.17) is 10.5 Å². The van der Waals surface area contributed by atoms with Gasteiger partial charge in [0.2, 0.25) is 0 Å². The molecule has 2 atom stereocenters. The Morgan fingerprint density at radius 2 is 2.21 bits per heavy atom. The quantitative estimate of drug-likeness (QED) is 0.0857. The second-order valence-electron chi connectivity index (χ2n) is 6.57. The van der Waals surface area contributed by atoms with Gasteiger partial charge in [-0.2, -0.15) is 0 Å². The van der Waals surface area contributed by atoms with E-state index in [9.17, 15) is 29.5 Å². The van der Waals surface area contributed by atoms with Crippen LogP contribution in [-0.4, -0.2) is 75.0 Å². The monoisotopic (exact) mass is 518 g/mol. The van der Waals surface area contributed by atoms with E-state index in [0.29, 0.717) is 12.1 Å². The fourth-order valence-electron chi connectivity index (χ4n) is 3.09. The van der Waals surface area contributed by atoms with E-state index in [2.05, 4.69) is 20.8 Å². The number of carbonyl (C=O) groups is 4. The number of oxime groups is 1. The van der Waals surface area contributed by atoms with Crippen LogP contribution < -0.4 is 51.0 Å². The van der Waals surface area contributed by atoms with Crippen LogP contribution >= 0.6 is 23.1 Å². The Balaban J connectivity index is 0.00000408. The number of aromatic nitrogens is 1. The van der Waals surface area contributed by atoms with Crippen LogP contribution in [0.25, 0.3) is 0 Å². The molecule has 5 N–H and O–H groups in total. The predicted molar refractivity (Wildman–Crippen MR) is 116 cm³/mol. The van der Waals surface area contributed by atoms with Crippen molar-refractivity contribution in [1.29, 1.82) is 0 Å². The number of nitrogens with two attached hydrogens (primary N) is 1. The first-order valence-corrected chi connectivity index (χ1v) is 11.4. The van der Waals surface area contributed by atoms with Crippen LogP contribution in [0, 0.1) is 0 Å². The van der Waals surface area contributed by atoms with Crippen molar-refractivity contribution in [3.63, 3.8) is 0 Å². The molecule has 1 fully saturated rings. The largest absolute Gasteiger partial charge is 1.00 e. The van der Waals surface area contributed by atoms with Crippen LogP contribution in [-0.2, 0) is 19.1 Å². The molecule has 34 heavy (non-hydrogen) atoms. The van der Waals surface area contributed by atoms with E-state index in [1.54, 1.807) is 6.92 Å². The number of rotatable bonds is 8. The number of carbonyl (C=O) groups excluding carboxylic acids is 4. The summed E-state index contributed by atoms with van der Waals surface area (Å²) in [5.41, 5.74) is 5.10. The Hall–Kier alpha value is -2.59. The second-order valence-corrected chi connectivity index (χ2v) is 8.57. The van der Waals surface area contributed by atoms with Gasteiger partial charge in [-0.3, -0.25) is 14.5 Å². The summed E-state index contributed by atoms with van der Waals surface area (Å²) in [6, 6.07) is -1.05. The minimum Gasteiger partial charge on any atom is -0.543 e. The number of hydrogen-bond donors (Lipinski definition) is 4. The first-order valence-electron chi connectivity index (χ1n) is 9.49. The van der Waals surface area contributed by atoms with Gasteiger partial charge in [-0.15, -0.1) is 23.1 Å². The number of ether oxygens (including phenoxy) is 1. The molecule has 3 heterocycles. The predicted octanol–water partition coefficient (Wildman–Crippen LogP) is -4.39. The zero-order valence-corrected chi connectivity index (χ0v) is 21.8. The number of alkyl carbamates (subject to hydrolysis) is 1. The number of nitrogen functional groups attached to an aromatic ring is 1. The molecular formula is C18H19N6NaO7S2. The molecule has 1 saturated heterocycles. The maximum absolute atomic E-state index is 12.7. The standard InChI is InChI=1S/C18H20N6O7S2.Na/c1-2-20-18(29)31-5-3-4-8-6-32-15-11(14(26)24(15)12(8)16(27)28)22-13(25)10(23-30)9-7-33-17(19)21-9;/h3-4,7,11,15,30H,2,5-6H2,1H3,(H2,19,21)(H,20,29)(H,22,25)(H,27,28);/q;+1/p-1/b4-3+,23-10+;. The van der Waals surface area contributed by atoms with Crippen LogP contribution in [0.1, 0.15) is 12.6 Å². The van der Waals surface area contributed by atoms with E-state index < -0.39 is 41.0 Å². The number of anilines is 1. The number of hydrogen-bond acceptors (Lipinski definition) is 12. The number of thioether (sulfide) groups is 1. The molecule has 0 aliphatic carbocycles. The Morgan fingerprint density at radius 3 is 2.79 bits per heavy atom. The molecule has 0 bridgehead atoms. The molecule has 16 heteroatoms. The molecule has 176 valence electrons. The Labute approximate surface area is 223 Å². The van der Waals surface area contributed by atoms with Gasteiger partial charge in [0.25, 0.3) is 11.8 Å². The van der Waals surface area contributed by atoms with Crippen LogP contribution in [0.4, 0.5) is 9.93 Å². The van der Waals surface area contributed by atoms with Crippen molar-refractivity contribution in [2.75, 3.05) is 24.6 Å². The summed E-state index contributed by atoms with van der Waals surface area (Å²) in [6.07, 6.45) is 2.27. The third kappa shape index (κ3) is 5.90. The minimum absolute atomic E-state index is 0. The van der Waals surface area contributed by atoms with E-state index in [0.717, 1.165) is 16.2 Å². The van der Waals surface area contributed by atoms with Gasteiger partial charge >= 0.3 is 35.7 Å². The van der Waals surface area contributed by atoms with Crippen LogP contribution in [0.15, 0.2) is 34.0 Å². The van der Waals surface area contributed by atoms with Crippen molar-refractivity contribution >= 4 is 57.8 Å². The summed E-state index contributed by atoms with van der Waals surface area (Å²) < 4.78 is 4.88. The molecule has 0 aromatic carbocycles. The summed E-state index contributed by atoms with van der Waals surface area (Å²) in [6.45, 7) is 2.04. The summed E-state index contributed by atoms with van der Waals surface area (Å²) in [7, 11) is 0. The van der Waals surface area contributed by atoms with E-state index in [1.807, 2.05) is 0 Å². The molecule has 0 radical (unpaired) electrons. The van der Waals surface area contributed by atoms with Crippen LogP contribution in [0.3, 0.4) is 0 Å². The van der Waals surface area contributed by atoms with Crippen molar-refractivity contribution in [3.05, 3.63) is 34.5 Å². The van der Waals surface area contributed by atoms with Crippen LogP contribution in [0.5, 0.6) is 0 Å². The Morgan fingerprint density at radius 1 is 1.47 bits per heavy atom. The van der Waals surface area contributed by atoms with Gasteiger partial charge in [0.05, 0.1) is 11.7 Å². The molecule has 1 aromatic heterocycles. The van der Waals surface area contributed by atoms with Gasteiger partial charge in [0.15, 0.2) is 10.8 Å². The van der Waals surface area contributed by atoms with Crippen molar-refractivity contribution in [1.82, 2.24) is 20.5 Å². The van der Waals surface area contributed by atoms with Gasteiger partial charge in [-0.25, -0.2) is 9.78 Å². The fourth-order valence-corrected chi connectivity index (χ4v) is 4.95. The number of fused-ring (bicyclic) bond motifs is 1. The SMILES string of the molecule is CCNC(=O)OC/C=C/C1=C(C(=O)[O-])N2C(=O)C(NC(=O)/C(=N/O)c3csc(N)n3)C2SC1.[Na+]. The van der Waals surface area contributed by atoms with E-state index in [1.165, 1.54) is 29.3 Å². The molecule has 3 amide bonds. The number of carboxylic acids is 1. The van der Waals surface area contributed by atoms with Gasteiger partial charge in [-0.1, -0.05) is 11.2 Å². The van der Waals surface area contributed by atoms with Crippen molar-refractivity contribution < 1.29 is 63.8 Å². The molecule has 3 rings (SSSR count). The number of thiazole rings is 1. The molecule has 13 nitrogen and oxygen atoms in total. The van der Waals surface area contributed by atoms with E-state index >= 15 is 0 Å². The van der Waals surface area contributed by atoms with Crippen molar-refractivity contribution in [3.8, 4) is 0 Å². The maximum Gasteiger partial charge on any atom is 1.00 e. The Bertz CT molecular complexity index is 1070. The molecular weight excluding hydrogens is 499 g/mol. The van der Waals surface area contributed by atoms with Crippen molar-refractivity contribution in [2.45, 2.75) is 18.3 Å². The zero-order chi connectivity index (χ0) is 24.1. The normalized spacial score (nSPS) is 19.7. The zero-order valence-electron chi connectivity index (χ0n) is 18.1. The smallest absolute Gasteiger partial charge is 0.543 e. The van der Waals surface area contributed by atoms with Crippen LogP contribution in [0.2, 0.25) is 0 Å². The van der Waals surface area contributed by atoms with Gasteiger partial charge in [0, 0.05) is 17.7 Å². The summed E-state index contributed by atoms with van der Waals surface area (Å²) in [5.74, 6) is -2.89. The number of nitrogens with one attached hydrogen (secondary N) is 2. The second kappa shape index (κ2) is 12.2. The average molecular weight is 519 g/mol. The Kier molecular flexibility index (Phi) is 9.93. The summed E-state index contributed by atoms with van der Waals surface area (Å²) in [4.78, 5) is 53.1. The molecule has 2 aliphatic heterocycles. The number of β-lactam (4-membered cyclic amide) rings is 1. The number of amides is 3. The minimum atomic E-state index is -1.56. The number of aliphatic carboxylic acids is 1. The van der Waals surface area contributed by atoms with Gasteiger partial charge < -0.3 is 36.2 Å². The molecule has 1 aromatic rings. The number of nitrogens with zero attached hydrogens (tertiary/aromatic N) is 3. The van der Waals surface area contributed by atoms with Gasteiger partial charge in [0.1, 0.15) is 23.7 Å². The molecule has 2 unspecified atom stereocenters. The summed E-state index contributed by atoms with van der Waals surface area (Å²) in [5, 5.41) is 29.6. The average Bonchev–Trinajstić information content (AvgIpc) is 3.20. The van der Waals surface area contributed by atoms with E-state index in [-0.39, 0.29) is 58.4 Å². The molecule has 0 saturated carbocycles. The topological polar surface area (TPSA) is 199 Å². The van der Waals surface area contributed by atoms with Crippen molar-refractivity contribution in [2.24, 2.45) is 5.16 Å². The van der Waals surface area contributed by atoms with Gasteiger partial charge in [-0.05, 0) is 18.6 Å². The summed E-state index contributed by atoms with van der Waals surface area (Å²) >= 11 is 2.26. The molecule has 2 aliphatic rings. The third-order valence-corrected chi connectivity index (χ3v) is 6.48. The first-order chi connectivity index (χ1) is 15.8. The fraction of sp³-hybridized carbons (Fsp3) is 0.333.